The molecule has 3 rings (SSSR count). The van der Waals surface area contributed by atoms with Gasteiger partial charge in [0.15, 0.2) is 15.3 Å². The Hall–Kier alpha value is -2.69. The molecule has 4 nitrogen and oxygen atoms in total. The minimum Gasteiger partial charge on any atom is -0.303 e. The van der Waals surface area contributed by atoms with Crippen molar-refractivity contribution >= 4 is 21.9 Å². The molecule has 0 N–H and O–H groups in total. The molecule has 11 heteroatoms. The molecule has 0 aliphatic heterocycles. The molecule has 1 saturated carbocycles. The summed E-state index contributed by atoms with van der Waals surface area (Å²) in [6.45, 7) is 0.0141. The van der Waals surface area contributed by atoms with Gasteiger partial charge in [-0.3, -0.25) is 4.79 Å². The number of aldehydes is 1. The maximum absolute atomic E-state index is 13.7. The van der Waals surface area contributed by atoms with Crippen LogP contribution >= 0.6 is 0 Å². The number of rotatable bonds is 5. The van der Waals surface area contributed by atoms with Crippen molar-refractivity contribution < 1.29 is 44.3 Å². The summed E-state index contributed by atoms with van der Waals surface area (Å²) in [5, 5.41) is 0. The number of ketones is 1. The fourth-order valence-electron chi connectivity index (χ4n) is 4.29. The van der Waals surface area contributed by atoms with Crippen LogP contribution in [0.25, 0.3) is 0 Å². The zero-order valence-corrected chi connectivity index (χ0v) is 18.6. The second-order valence-corrected chi connectivity index (χ2v) is 10.7. The number of carbonyl (C=O) groups excluding carboxylic acids is 2. The van der Waals surface area contributed by atoms with Crippen molar-refractivity contribution in [3.8, 4) is 0 Å². The monoisotopic (exact) mass is 506 g/mol. The maximum Gasteiger partial charge on any atom is 0.406 e. The molecule has 0 bridgehead atoms. The normalized spacial score (nSPS) is 22.4. The number of hydrogen-bond acceptors (Lipinski definition) is 4. The van der Waals surface area contributed by atoms with Gasteiger partial charge in [-0.05, 0) is 43.0 Å². The van der Waals surface area contributed by atoms with Crippen molar-refractivity contribution in [3.05, 3.63) is 65.7 Å². The first-order valence-corrected chi connectivity index (χ1v) is 11.6. The van der Waals surface area contributed by atoms with Gasteiger partial charge < -0.3 is 4.79 Å². The van der Waals surface area contributed by atoms with Crippen LogP contribution < -0.4 is 0 Å². The number of halogens is 6. The lowest BCUT2D eigenvalue weighted by molar-refractivity contribution is -0.297. The van der Waals surface area contributed by atoms with E-state index in [1.165, 1.54) is 24.3 Å². The molecule has 1 fully saturated rings. The minimum atomic E-state index is -5.67. The summed E-state index contributed by atoms with van der Waals surface area (Å²) in [6.07, 6.45) is -12.1. The summed E-state index contributed by atoms with van der Waals surface area (Å²) in [5.74, 6) is -1.75. The van der Waals surface area contributed by atoms with E-state index < -0.39 is 56.0 Å². The van der Waals surface area contributed by atoms with E-state index in [-0.39, 0.29) is 30.2 Å². The van der Waals surface area contributed by atoms with Crippen LogP contribution in [-0.4, -0.2) is 32.8 Å². The Kier molecular flexibility index (Phi) is 6.49. The summed E-state index contributed by atoms with van der Waals surface area (Å²) >= 11 is 0. The number of alkyl halides is 6. The molecule has 0 heterocycles. The summed E-state index contributed by atoms with van der Waals surface area (Å²) in [4.78, 5) is 23.5. The molecule has 2 atom stereocenters. The van der Waals surface area contributed by atoms with Crippen molar-refractivity contribution in [3.63, 3.8) is 0 Å². The van der Waals surface area contributed by atoms with Crippen molar-refractivity contribution in [2.75, 3.05) is 0 Å². The Bertz CT molecular complexity index is 1160. The van der Waals surface area contributed by atoms with Gasteiger partial charge in [-0.1, -0.05) is 42.5 Å². The van der Waals surface area contributed by atoms with Crippen LogP contribution in [0.5, 0.6) is 0 Å². The molecule has 0 spiro atoms. The van der Waals surface area contributed by atoms with Crippen molar-refractivity contribution in [2.24, 2.45) is 5.92 Å². The molecule has 184 valence electrons. The molecule has 0 amide bonds. The third-order valence-corrected chi connectivity index (χ3v) is 9.12. The largest absolute Gasteiger partial charge is 0.406 e. The highest BCUT2D eigenvalue weighted by Gasteiger charge is 2.68. The fraction of sp³-hybridized carbons (Fsp3) is 0.391. The lowest BCUT2D eigenvalue weighted by Crippen LogP contribution is -2.51. The van der Waals surface area contributed by atoms with Gasteiger partial charge >= 0.3 is 12.4 Å². The summed E-state index contributed by atoms with van der Waals surface area (Å²) in [6, 6.07) is 10.1. The SMILES string of the molecule is CC(c1ccc(C2(S(=O)(=O)c3ccccc3)CCC(=O)C(C=O)C2)cc1)(C(F)(F)F)C(F)(F)F. The first kappa shape index (κ1) is 25.9. The molecular weight excluding hydrogens is 486 g/mol. The Morgan fingerprint density at radius 3 is 1.91 bits per heavy atom. The van der Waals surface area contributed by atoms with E-state index in [0.717, 1.165) is 12.1 Å². The van der Waals surface area contributed by atoms with Gasteiger partial charge in [-0.2, -0.15) is 26.3 Å². The van der Waals surface area contributed by atoms with Gasteiger partial charge in [0, 0.05) is 6.42 Å². The summed E-state index contributed by atoms with van der Waals surface area (Å²) in [7, 11) is -4.30. The predicted octanol–water partition coefficient (Wildman–Crippen LogP) is 5.31. The highest BCUT2D eigenvalue weighted by atomic mass is 32.2. The lowest BCUT2D eigenvalue weighted by atomic mass is 9.75. The lowest BCUT2D eigenvalue weighted by Gasteiger charge is -2.39. The highest BCUT2D eigenvalue weighted by Crippen LogP contribution is 2.53. The van der Waals surface area contributed by atoms with Gasteiger partial charge in [0.2, 0.25) is 0 Å². The van der Waals surface area contributed by atoms with E-state index in [0.29, 0.717) is 18.4 Å². The summed E-state index contributed by atoms with van der Waals surface area (Å²) in [5.41, 5.74) is -5.38. The van der Waals surface area contributed by atoms with E-state index in [9.17, 15) is 44.3 Å². The van der Waals surface area contributed by atoms with E-state index >= 15 is 0 Å². The molecule has 2 aromatic carbocycles. The number of sulfone groups is 1. The smallest absolute Gasteiger partial charge is 0.303 e. The molecule has 2 aromatic rings. The van der Waals surface area contributed by atoms with Gasteiger partial charge in [-0.15, -0.1) is 0 Å². The van der Waals surface area contributed by atoms with Crippen molar-refractivity contribution in [1.29, 1.82) is 0 Å². The van der Waals surface area contributed by atoms with Crippen LogP contribution in [0.15, 0.2) is 59.5 Å². The van der Waals surface area contributed by atoms with Crippen LogP contribution in [0.2, 0.25) is 0 Å². The number of Topliss-reactive ketones (excluding diaryl/α,β-unsaturated/α-hetero) is 1. The van der Waals surface area contributed by atoms with E-state index in [2.05, 4.69) is 0 Å². The molecule has 0 radical (unpaired) electrons. The maximum atomic E-state index is 13.7. The third kappa shape index (κ3) is 3.93. The average Bonchev–Trinajstić information content (AvgIpc) is 2.78. The van der Waals surface area contributed by atoms with E-state index in [1.54, 1.807) is 6.07 Å². The second kappa shape index (κ2) is 8.51. The van der Waals surface area contributed by atoms with Gasteiger partial charge in [-0.25, -0.2) is 8.42 Å². The molecule has 1 aliphatic rings. The molecular formula is C23H20F6O4S. The molecule has 2 unspecified atom stereocenters. The van der Waals surface area contributed by atoms with Crippen molar-refractivity contribution in [1.82, 2.24) is 0 Å². The zero-order valence-electron chi connectivity index (χ0n) is 17.8. The standard InChI is InChI=1S/C23H20F6O4S/c1-20(22(24,25)26,23(27,28)29)16-7-9-17(10-8-16)21(12-11-19(31)15(13-21)14-30)34(32,33)18-5-3-2-4-6-18/h2-10,14-15H,11-13H2,1H3. The van der Waals surface area contributed by atoms with E-state index in [1.807, 2.05) is 0 Å². The predicted molar refractivity (Wildman–Crippen MR) is 110 cm³/mol. The Morgan fingerprint density at radius 2 is 1.44 bits per heavy atom. The second-order valence-electron chi connectivity index (χ2n) is 8.42. The molecule has 1 aliphatic carbocycles. The van der Waals surface area contributed by atoms with Crippen LogP contribution in [-0.2, 0) is 29.6 Å². The van der Waals surface area contributed by atoms with E-state index in [4.69, 9.17) is 0 Å². The van der Waals surface area contributed by atoms with Crippen LogP contribution in [0, 0.1) is 5.92 Å². The fourth-order valence-corrected chi connectivity index (χ4v) is 6.47. The number of benzene rings is 2. The van der Waals surface area contributed by atoms with Gasteiger partial charge in [0.1, 0.15) is 16.8 Å². The molecule has 34 heavy (non-hydrogen) atoms. The Labute approximate surface area is 191 Å². The Morgan fingerprint density at radius 1 is 0.912 bits per heavy atom. The third-order valence-electron chi connectivity index (χ3n) is 6.59. The number of carbonyl (C=O) groups is 2. The van der Waals surface area contributed by atoms with Crippen LogP contribution in [0.4, 0.5) is 26.3 Å². The first-order valence-electron chi connectivity index (χ1n) is 10.1. The highest BCUT2D eigenvalue weighted by molar-refractivity contribution is 7.92. The minimum absolute atomic E-state index is 0.0141. The van der Waals surface area contributed by atoms with Crippen molar-refractivity contribution in [2.45, 2.75) is 53.6 Å². The molecule has 0 aromatic heterocycles. The average molecular weight is 506 g/mol. The van der Waals surface area contributed by atoms with Gasteiger partial charge in [0.05, 0.1) is 10.8 Å². The van der Waals surface area contributed by atoms with Crippen LogP contribution in [0.1, 0.15) is 37.3 Å². The topological polar surface area (TPSA) is 68.3 Å². The zero-order chi connectivity index (χ0) is 25.6. The number of hydrogen-bond donors (Lipinski definition) is 0. The van der Waals surface area contributed by atoms with Crippen LogP contribution in [0.3, 0.4) is 0 Å². The van der Waals surface area contributed by atoms with Gasteiger partial charge in [0.25, 0.3) is 0 Å². The summed E-state index contributed by atoms with van der Waals surface area (Å²) < 4.78 is 106. The molecule has 0 saturated heterocycles. The Balaban J connectivity index is 2.21. The first-order chi connectivity index (χ1) is 15.6. The quantitative estimate of drug-likeness (QED) is 0.313.